The predicted octanol–water partition coefficient (Wildman–Crippen LogP) is 1.86. The number of halogens is 1. The first kappa shape index (κ1) is 11.7. The highest BCUT2D eigenvalue weighted by Gasteiger charge is 1.97. The van der Waals surface area contributed by atoms with E-state index < -0.39 is 0 Å². The second kappa shape index (κ2) is 6.25. The van der Waals surface area contributed by atoms with Crippen LogP contribution in [-0.4, -0.2) is 16.0 Å². The van der Waals surface area contributed by atoms with E-state index in [4.69, 9.17) is 22.5 Å². The van der Waals surface area contributed by atoms with Gasteiger partial charge in [-0.05, 0) is 12.1 Å². The lowest BCUT2D eigenvalue weighted by atomic mass is 10.3. The van der Waals surface area contributed by atoms with Crippen LogP contribution >= 0.6 is 11.6 Å². The molecular weight excluding hydrogens is 190 g/mol. The number of hydrogen-bond acceptors (Lipinski definition) is 3. The summed E-state index contributed by atoms with van der Waals surface area (Å²) in [5.41, 5.74) is 5.80. The molecule has 1 rings (SSSR count). The number of pyridine rings is 1. The van der Waals surface area contributed by atoms with Crippen LogP contribution < -0.4 is 5.73 Å². The first-order chi connectivity index (χ1) is 6.24. The monoisotopic (exact) mass is 201 g/mol. The Morgan fingerprint density at radius 2 is 2.15 bits per heavy atom. The molecule has 1 heterocycles. The van der Waals surface area contributed by atoms with E-state index in [2.05, 4.69) is 10.1 Å². The molecule has 0 amide bonds. The van der Waals surface area contributed by atoms with Gasteiger partial charge in [0.1, 0.15) is 5.15 Å². The van der Waals surface area contributed by atoms with Crippen molar-refractivity contribution >= 4 is 17.4 Å². The number of hydrogen-bond donors (Lipinski definition) is 2. The summed E-state index contributed by atoms with van der Waals surface area (Å²) in [6.07, 6.45) is 1.43. The molecule has 0 atom stereocenters. The van der Waals surface area contributed by atoms with Crippen LogP contribution in [0.2, 0.25) is 5.15 Å². The fraction of sp³-hybridized carbons (Fsp3) is 0.250. The van der Waals surface area contributed by atoms with E-state index >= 15 is 0 Å². The molecule has 0 saturated heterocycles. The molecule has 0 aliphatic rings. The molecule has 0 aromatic carbocycles. The lowest BCUT2D eigenvalue weighted by Gasteiger charge is -1.95. The molecule has 4 nitrogen and oxygen atoms in total. The van der Waals surface area contributed by atoms with Gasteiger partial charge < -0.3 is 10.9 Å². The van der Waals surface area contributed by atoms with Gasteiger partial charge in [-0.1, -0.05) is 30.6 Å². The molecular formula is C8H12ClN3O. The highest BCUT2D eigenvalue weighted by molar-refractivity contribution is 6.29. The van der Waals surface area contributed by atoms with E-state index in [-0.39, 0.29) is 5.84 Å². The Morgan fingerprint density at radius 1 is 1.54 bits per heavy atom. The van der Waals surface area contributed by atoms with Gasteiger partial charge in [0.15, 0.2) is 5.84 Å². The Balaban J connectivity index is 0.000000671. The minimum atomic E-state index is 0.0224. The maximum absolute atomic E-state index is 8.26. The summed E-state index contributed by atoms with van der Waals surface area (Å²) in [4.78, 5) is 3.74. The van der Waals surface area contributed by atoms with Gasteiger partial charge in [-0.3, -0.25) is 0 Å². The summed E-state index contributed by atoms with van der Waals surface area (Å²) >= 11 is 5.51. The van der Waals surface area contributed by atoms with Crippen LogP contribution in [0.25, 0.3) is 0 Å². The summed E-state index contributed by atoms with van der Waals surface area (Å²) < 4.78 is 0. The normalized spacial score (nSPS) is 10.2. The van der Waals surface area contributed by atoms with Crippen LogP contribution in [0.5, 0.6) is 0 Å². The summed E-state index contributed by atoms with van der Waals surface area (Å²) in [6.45, 7) is 4.00. The minimum absolute atomic E-state index is 0.0224. The van der Waals surface area contributed by atoms with Crippen molar-refractivity contribution in [1.29, 1.82) is 0 Å². The van der Waals surface area contributed by atoms with Gasteiger partial charge in [0.25, 0.3) is 0 Å². The fourth-order valence-electron chi connectivity index (χ4n) is 0.585. The van der Waals surface area contributed by atoms with Gasteiger partial charge in [0, 0.05) is 11.8 Å². The summed E-state index contributed by atoms with van der Waals surface area (Å²) in [5.74, 6) is 0.0224. The van der Waals surface area contributed by atoms with Gasteiger partial charge in [0.2, 0.25) is 0 Å². The number of amidine groups is 1. The first-order valence-corrected chi connectivity index (χ1v) is 4.21. The van der Waals surface area contributed by atoms with Gasteiger partial charge in [-0.15, -0.1) is 0 Å². The molecule has 0 bridgehead atoms. The van der Waals surface area contributed by atoms with Crippen LogP contribution in [-0.2, 0) is 0 Å². The lowest BCUT2D eigenvalue weighted by Crippen LogP contribution is -2.12. The second-order valence-corrected chi connectivity index (χ2v) is 2.24. The third-order valence-electron chi connectivity index (χ3n) is 1.13. The zero-order valence-corrected chi connectivity index (χ0v) is 8.28. The Labute approximate surface area is 82.0 Å². The highest BCUT2D eigenvalue weighted by Crippen LogP contribution is 2.04. The van der Waals surface area contributed by atoms with Gasteiger partial charge in [0.05, 0.1) is 0 Å². The van der Waals surface area contributed by atoms with Crippen molar-refractivity contribution in [2.45, 2.75) is 13.8 Å². The molecule has 3 N–H and O–H groups in total. The van der Waals surface area contributed by atoms with E-state index in [0.29, 0.717) is 10.7 Å². The maximum atomic E-state index is 8.26. The molecule has 0 saturated carbocycles. The molecule has 0 aliphatic carbocycles. The van der Waals surface area contributed by atoms with Crippen LogP contribution in [0, 0.1) is 0 Å². The zero-order chi connectivity index (χ0) is 10.3. The third kappa shape index (κ3) is 3.75. The summed E-state index contributed by atoms with van der Waals surface area (Å²) in [7, 11) is 0. The van der Waals surface area contributed by atoms with E-state index in [1.54, 1.807) is 12.1 Å². The van der Waals surface area contributed by atoms with Crippen molar-refractivity contribution in [1.82, 2.24) is 4.98 Å². The molecule has 1 aromatic heterocycles. The van der Waals surface area contributed by atoms with Gasteiger partial charge in [-0.25, -0.2) is 4.98 Å². The van der Waals surface area contributed by atoms with E-state index in [9.17, 15) is 0 Å². The van der Waals surface area contributed by atoms with Gasteiger partial charge >= 0.3 is 0 Å². The van der Waals surface area contributed by atoms with Crippen LogP contribution in [0.3, 0.4) is 0 Å². The van der Waals surface area contributed by atoms with Crippen molar-refractivity contribution in [3.8, 4) is 0 Å². The molecule has 72 valence electrons. The number of nitrogens with zero attached hydrogens (tertiary/aromatic N) is 2. The fourth-order valence-corrected chi connectivity index (χ4v) is 0.697. The predicted molar refractivity (Wildman–Crippen MR) is 53.1 cm³/mol. The largest absolute Gasteiger partial charge is 0.409 e. The Hall–Kier alpha value is -1.29. The molecule has 0 fully saturated rings. The van der Waals surface area contributed by atoms with Crippen molar-refractivity contribution in [3.63, 3.8) is 0 Å². The summed E-state index contributed by atoms with van der Waals surface area (Å²) in [6, 6.07) is 3.18. The second-order valence-electron chi connectivity index (χ2n) is 1.85. The topological polar surface area (TPSA) is 71.5 Å². The number of rotatable bonds is 1. The molecule has 1 aromatic rings. The average molecular weight is 202 g/mol. The number of nitrogens with two attached hydrogens (primary N) is 1. The summed E-state index contributed by atoms with van der Waals surface area (Å²) in [5, 5.41) is 11.4. The molecule has 0 spiro atoms. The minimum Gasteiger partial charge on any atom is -0.409 e. The van der Waals surface area contributed by atoms with Crippen LogP contribution in [0.1, 0.15) is 19.4 Å². The van der Waals surface area contributed by atoms with E-state index in [1.165, 1.54) is 6.20 Å². The Kier molecular flexibility index (Phi) is 5.63. The first-order valence-electron chi connectivity index (χ1n) is 3.83. The average Bonchev–Trinajstić information content (AvgIpc) is 2.21. The van der Waals surface area contributed by atoms with Crippen LogP contribution in [0.15, 0.2) is 23.5 Å². The lowest BCUT2D eigenvalue weighted by molar-refractivity contribution is 0.318. The maximum Gasteiger partial charge on any atom is 0.171 e. The zero-order valence-electron chi connectivity index (χ0n) is 7.53. The number of aromatic nitrogens is 1. The third-order valence-corrected chi connectivity index (χ3v) is 1.35. The van der Waals surface area contributed by atoms with E-state index in [1.807, 2.05) is 13.8 Å². The molecule has 13 heavy (non-hydrogen) atoms. The van der Waals surface area contributed by atoms with Crippen molar-refractivity contribution in [3.05, 3.63) is 29.0 Å². The van der Waals surface area contributed by atoms with Crippen molar-refractivity contribution < 1.29 is 5.21 Å². The Morgan fingerprint density at radius 3 is 2.54 bits per heavy atom. The smallest absolute Gasteiger partial charge is 0.171 e. The van der Waals surface area contributed by atoms with Crippen molar-refractivity contribution in [2.24, 2.45) is 10.9 Å². The molecule has 5 heteroatoms. The van der Waals surface area contributed by atoms with Crippen molar-refractivity contribution in [2.75, 3.05) is 0 Å². The van der Waals surface area contributed by atoms with E-state index in [0.717, 1.165) is 0 Å². The Bertz CT molecular complexity index is 271. The SMILES string of the molecule is CC.N/C(=N\O)c1ccc(Cl)nc1. The molecule has 0 aliphatic heterocycles. The molecule has 0 radical (unpaired) electrons. The van der Waals surface area contributed by atoms with Gasteiger partial charge in [-0.2, -0.15) is 0 Å². The van der Waals surface area contributed by atoms with Crippen LogP contribution in [0.4, 0.5) is 0 Å². The number of oxime groups is 1. The molecule has 0 unspecified atom stereocenters. The highest BCUT2D eigenvalue weighted by atomic mass is 35.5. The standard InChI is InChI=1S/C6H6ClN3O.C2H6/c7-5-2-1-4(3-9-5)6(8)10-11;1-2/h1-3,11H,(H2,8,10);1-2H3. The quantitative estimate of drug-likeness (QED) is 0.240.